The Kier molecular flexibility index (Phi) is 6.79. The summed E-state index contributed by atoms with van der Waals surface area (Å²) in [5.41, 5.74) is 9.09. The SMILES string of the molecule is CC(=O)N1CCCN(Cc2c(-c3ccc(C)cc3)nc3ccc(-c4ccc(N(C)C)cc4)cn23)CC1. The Bertz CT molecular complexity index is 1350. The lowest BCUT2D eigenvalue weighted by Crippen LogP contribution is -2.33. The predicted octanol–water partition coefficient (Wildman–Crippen LogP) is 5.10. The molecule has 0 aliphatic carbocycles. The van der Waals surface area contributed by atoms with Crippen LogP contribution in [0, 0.1) is 6.92 Å². The molecule has 36 heavy (non-hydrogen) atoms. The Hall–Kier alpha value is -3.64. The number of imidazole rings is 1. The number of hydrogen-bond donors (Lipinski definition) is 0. The van der Waals surface area contributed by atoms with Gasteiger partial charge in [0, 0.05) is 71.2 Å². The quantitative estimate of drug-likeness (QED) is 0.398. The molecule has 2 aromatic heterocycles. The van der Waals surface area contributed by atoms with Crippen molar-refractivity contribution in [2.75, 3.05) is 45.2 Å². The average molecular weight is 482 g/mol. The van der Waals surface area contributed by atoms with E-state index >= 15 is 0 Å². The molecule has 0 bridgehead atoms. The van der Waals surface area contributed by atoms with E-state index in [4.69, 9.17) is 4.98 Å². The van der Waals surface area contributed by atoms with E-state index in [0.717, 1.165) is 56.0 Å². The van der Waals surface area contributed by atoms with Crippen molar-refractivity contribution in [2.24, 2.45) is 0 Å². The van der Waals surface area contributed by atoms with Gasteiger partial charge in [0.2, 0.25) is 5.91 Å². The lowest BCUT2D eigenvalue weighted by Gasteiger charge is -2.21. The van der Waals surface area contributed by atoms with Crippen LogP contribution in [-0.4, -0.2) is 65.4 Å². The van der Waals surface area contributed by atoms with Gasteiger partial charge in [0.1, 0.15) is 5.65 Å². The van der Waals surface area contributed by atoms with Crippen molar-refractivity contribution >= 4 is 17.2 Å². The van der Waals surface area contributed by atoms with Gasteiger partial charge in [-0.2, -0.15) is 0 Å². The number of fused-ring (bicyclic) bond motifs is 1. The second-order valence-electron chi connectivity index (χ2n) is 10.00. The van der Waals surface area contributed by atoms with Crippen LogP contribution >= 0.6 is 0 Å². The average Bonchev–Trinajstić information content (AvgIpc) is 3.05. The van der Waals surface area contributed by atoms with E-state index in [-0.39, 0.29) is 5.91 Å². The van der Waals surface area contributed by atoms with E-state index in [1.54, 1.807) is 6.92 Å². The Balaban J connectivity index is 1.55. The number of hydrogen-bond acceptors (Lipinski definition) is 4. The number of anilines is 1. The minimum atomic E-state index is 0.164. The third-order valence-corrected chi connectivity index (χ3v) is 7.17. The molecule has 1 aliphatic heterocycles. The van der Waals surface area contributed by atoms with Crippen LogP contribution in [0.3, 0.4) is 0 Å². The normalized spacial score (nSPS) is 14.7. The van der Waals surface area contributed by atoms with E-state index in [0.29, 0.717) is 0 Å². The maximum absolute atomic E-state index is 11.9. The number of rotatable bonds is 5. The highest BCUT2D eigenvalue weighted by atomic mass is 16.2. The van der Waals surface area contributed by atoms with Crippen molar-refractivity contribution in [2.45, 2.75) is 26.8 Å². The number of carbonyl (C=O) groups excluding carboxylic acids is 1. The molecular weight excluding hydrogens is 446 g/mol. The molecule has 3 heterocycles. The zero-order chi connectivity index (χ0) is 25.2. The summed E-state index contributed by atoms with van der Waals surface area (Å²) < 4.78 is 2.26. The highest BCUT2D eigenvalue weighted by molar-refractivity contribution is 5.73. The summed E-state index contributed by atoms with van der Waals surface area (Å²) in [7, 11) is 4.12. The van der Waals surface area contributed by atoms with Crippen molar-refractivity contribution < 1.29 is 4.79 Å². The molecule has 6 heteroatoms. The molecule has 0 N–H and O–H groups in total. The van der Waals surface area contributed by atoms with E-state index in [9.17, 15) is 4.79 Å². The molecule has 4 aromatic rings. The van der Waals surface area contributed by atoms with Gasteiger partial charge >= 0.3 is 0 Å². The fraction of sp³-hybridized carbons (Fsp3) is 0.333. The van der Waals surface area contributed by atoms with Crippen molar-refractivity contribution in [3.63, 3.8) is 0 Å². The number of pyridine rings is 1. The molecule has 0 spiro atoms. The van der Waals surface area contributed by atoms with Gasteiger partial charge in [-0.25, -0.2) is 4.98 Å². The Labute approximate surface area is 213 Å². The summed E-state index contributed by atoms with van der Waals surface area (Å²) in [4.78, 5) is 23.6. The monoisotopic (exact) mass is 481 g/mol. The summed E-state index contributed by atoms with van der Waals surface area (Å²) >= 11 is 0. The lowest BCUT2D eigenvalue weighted by molar-refractivity contribution is -0.128. The third-order valence-electron chi connectivity index (χ3n) is 7.17. The molecule has 0 unspecified atom stereocenters. The predicted molar refractivity (Wildman–Crippen MR) is 147 cm³/mol. The molecule has 1 saturated heterocycles. The van der Waals surface area contributed by atoms with Crippen LogP contribution in [0.25, 0.3) is 28.0 Å². The maximum atomic E-state index is 11.9. The van der Waals surface area contributed by atoms with Crippen molar-refractivity contribution in [1.82, 2.24) is 19.2 Å². The van der Waals surface area contributed by atoms with Gasteiger partial charge in [0.05, 0.1) is 11.4 Å². The summed E-state index contributed by atoms with van der Waals surface area (Å²) in [5, 5.41) is 0. The van der Waals surface area contributed by atoms with Crippen molar-refractivity contribution in [3.05, 3.63) is 78.1 Å². The topological polar surface area (TPSA) is 44.1 Å². The van der Waals surface area contributed by atoms with E-state index in [1.165, 1.54) is 28.1 Å². The summed E-state index contributed by atoms with van der Waals surface area (Å²) in [5.74, 6) is 0.164. The van der Waals surface area contributed by atoms with Crippen LogP contribution in [0.1, 0.15) is 24.6 Å². The maximum Gasteiger partial charge on any atom is 0.219 e. The number of nitrogens with zero attached hydrogens (tertiary/aromatic N) is 5. The van der Waals surface area contributed by atoms with E-state index in [1.807, 2.05) is 4.90 Å². The zero-order valence-electron chi connectivity index (χ0n) is 21.7. The van der Waals surface area contributed by atoms with E-state index < -0.39 is 0 Å². The fourth-order valence-electron chi connectivity index (χ4n) is 4.97. The molecule has 1 amide bonds. The molecule has 1 aliphatic rings. The highest BCUT2D eigenvalue weighted by Gasteiger charge is 2.21. The number of amides is 1. The van der Waals surface area contributed by atoms with Crippen molar-refractivity contribution in [3.8, 4) is 22.4 Å². The minimum Gasteiger partial charge on any atom is -0.378 e. The van der Waals surface area contributed by atoms with Gasteiger partial charge in [-0.3, -0.25) is 9.69 Å². The number of benzene rings is 2. The molecule has 0 atom stereocenters. The summed E-state index contributed by atoms with van der Waals surface area (Å²) in [6.07, 6.45) is 3.21. The fourth-order valence-corrected chi connectivity index (χ4v) is 4.97. The number of carbonyl (C=O) groups is 1. The Morgan fingerprint density at radius 1 is 0.861 bits per heavy atom. The molecule has 6 nitrogen and oxygen atoms in total. The number of aryl methyl sites for hydroxylation is 1. The first-order valence-electron chi connectivity index (χ1n) is 12.7. The highest BCUT2D eigenvalue weighted by Crippen LogP contribution is 2.29. The second-order valence-corrected chi connectivity index (χ2v) is 10.00. The van der Waals surface area contributed by atoms with Crippen LogP contribution < -0.4 is 4.90 Å². The lowest BCUT2D eigenvalue weighted by atomic mass is 10.1. The van der Waals surface area contributed by atoms with Crippen LogP contribution in [-0.2, 0) is 11.3 Å². The molecule has 0 saturated carbocycles. The summed E-state index contributed by atoms with van der Waals surface area (Å²) in [6, 6.07) is 21.6. The Morgan fingerprint density at radius 2 is 1.56 bits per heavy atom. The first-order chi connectivity index (χ1) is 17.4. The van der Waals surface area contributed by atoms with Crippen molar-refractivity contribution in [1.29, 1.82) is 0 Å². The van der Waals surface area contributed by atoms with Gasteiger partial charge in [0.15, 0.2) is 0 Å². The molecule has 0 radical (unpaired) electrons. The molecule has 186 valence electrons. The van der Waals surface area contributed by atoms with Crippen LogP contribution in [0.4, 0.5) is 5.69 Å². The Morgan fingerprint density at radius 3 is 2.25 bits per heavy atom. The van der Waals surface area contributed by atoms with Gasteiger partial charge < -0.3 is 14.2 Å². The van der Waals surface area contributed by atoms with E-state index in [2.05, 4.69) is 102 Å². The van der Waals surface area contributed by atoms with Crippen LogP contribution in [0.15, 0.2) is 66.9 Å². The molecule has 2 aromatic carbocycles. The van der Waals surface area contributed by atoms with Gasteiger partial charge in [-0.1, -0.05) is 42.0 Å². The van der Waals surface area contributed by atoms with Gasteiger partial charge in [-0.15, -0.1) is 0 Å². The van der Waals surface area contributed by atoms with Gasteiger partial charge in [0.25, 0.3) is 0 Å². The summed E-state index contributed by atoms with van der Waals surface area (Å²) in [6.45, 7) is 8.01. The van der Waals surface area contributed by atoms with Gasteiger partial charge in [-0.05, 0) is 48.7 Å². The first kappa shape index (κ1) is 24.1. The van der Waals surface area contributed by atoms with Crippen LogP contribution in [0.2, 0.25) is 0 Å². The third kappa shape index (κ3) is 5.00. The van der Waals surface area contributed by atoms with Crippen LogP contribution in [0.5, 0.6) is 0 Å². The molecule has 1 fully saturated rings. The minimum absolute atomic E-state index is 0.164. The zero-order valence-corrected chi connectivity index (χ0v) is 21.7. The standard InChI is InChI=1S/C30H35N5O/c1-22-6-8-25(9-7-22)30-28(21-33-16-5-17-34(19-18-33)23(2)36)35-20-26(12-15-29(35)31-30)24-10-13-27(14-11-24)32(3)4/h6-15,20H,5,16-19,21H2,1-4H3. The smallest absolute Gasteiger partial charge is 0.219 e. The molecular formula is C30H35N5O. The largest absolute Gasteiger partial charge is 0.378 e. The first-order valence-corrected chi connectivity index (χ1v) is 12.7. The second kappa shape index (κ2) is 10.2. The molecule has 5 rings (SSSR count). The number of aromatic nitrogens is 2.